The van der Waals surface area contributed by atoms with Crippen molar-refractivity contribution < 1.29 is 0 Å². The Balaban J connectivity index is 2.24. The third-order valence-electron chi connectivity index (χ3n) is 4.15. The van der Waals surface area contributed by atoms with E-state index in [2.05, 4.69) is 47.4 Å². The fourth-order valence-corrected chi connectivity index (χ4v) is 2.90. The van der Waals surface area contributed by atoms with Crippen LogP contribution >= 0.6 is 0 Å². The van der Waals surface area contributed by atoms with Gasteiger partial charge in [0, 0.05) is 52.9 Å². The molecule has 0 amide bonds. The summed E-state index contributed by atoms with van der Waals surface area (Å²) >= 11 is 0. The Kier molecular flexibility index (Phi) is 7.53. The summed E-state index contributed by atoms with van der Waals surface area (Å²) in [5.74, 6) is 1.42. The second-order valence-electron chi connectivity index (χ2n) is 7.24. The van der Waals surface area contributed by atoms with Gasteiger partial charge in [0.15, 0.2) is 0 Å². The van der Waals surface area contributed by atoms with Crippen LogP contribution in [0, 0.1) is 11.3 Å². The van der Waals surface area contributed by atoms with Gasteiger partial charge in [0.05, 0.1) is 0 Å². The van der Waals surface area contributed by atoms with Gasteiger partial charge in [0.1, 0.15) is 5.82 Å². The Hall–Kier alpha value is -2.69. The number of aromatic nitrogens is 2. The van der Waals surface area contributed by atoms with Gasteiger partial charge >= 0.3 is 0 Å². The number of hydrogen-bond acceptors (Lipinski definition) is 5. The SMILES string of the molecule is CCCc1cc(N/C(C)=C(\C(C)=N)c2ccc(NCC(C)C)nc2)ccn1. The quantitative estimate of drug-likeness (QED) is 0.522. The fourth-order valence-electron chi connectivity index (χ4n) is 2.90. The van der Waals surface area contributed by atoms with Gasteiger partial charge in [-0.1, -0.05) is 27.2 Å². The van der Waals surface area contributed by atoms with Crippen LogP contribution in [0.15, 0.2) is 42.4 Å². The monoisotopic (exact) mass is 365 g/mol. The molecule has 5 heteroatoms. The van der Waals surface area contributed by atoms with Crippen LogP contribution in [0.5, 0.6) is 0 Å². The van der Waals surface area contributed by atoms with Crippen molar-refractivity contribution >= 4 is 22.8 Å². The smallest absolute Gasteiger partial charge is 0.125 e. The van der Waals surface area contributed by atoms with Gasteiger partial charge in [0.2, 0.25) is 0 Å². The van der Waals surface area contributed by atoms with Crippen molar-refractivity contribution in [1.82, 2.24) is 9.97 Å². The first-order valence-electron chi connectivity index (χ1n) is 9.59. The van der Waals surface area contributed by atoms with Gasteiger partial charge in [-0.3, -0.25) is 4.98 Å². The molecule has 0 spiro atoms. The lowest BCUT2D eigenvalue weighted by atomic mass is 10.0. The predicted molar refractivity (Wildman–Crippen MR) is 115 cm³/mol. The maximum Gasteiger partial charge on any atom is 0.125 e. The van der Waals surface area contributed by atoms with E-state index in [4.69, 9.17) is 5.41 Å². The molecule has 0 radical (unpaired) electrons. The summed E-state index contributed by atoms with van der Waals surface area (Å²) < 4.78 is 0. The zero-order valence-electron chi connectivity index (χ0n) is 17.1. The highest BCUT2D eigenvalue weighted by atomic mass is 15.0. The first kappa shape index (κ1) is 20.6. The lowest BCUT2D eigenvalue weighted by molar-refractivity contribution is 0.687. The summed E-state index contributed by atoms with van der Waals surface area (Å²) in [5.41, 5.74) is 5.31. The third kappa shape index (κ3) is 6.20. The molecule has 3 N–H and O–H groups in total. The second-order valence-corrected chi connectivity index (χ2v) is 7.24. The van der Waals surface area contributed by atoms with Crippen molar-refractivity contribution in [1.29, 1.82) is 5.41 Å². The van der Waals surface area contributed by atoms with Crippen molar-refractivity contribution in [3.05, 3.63) is 53.6 Å². The summed E-state index contributed by atoms with van der Waals surface area (Å²) in [4.78, 5) is 8.90. The summed E-state index contributed by atoms with van der Waals surface area (Å²) in [7, 11) is 0. The summed E-state index contributed by atoms with van der Waals surface area (Å²) in [6.07, 6.45) is 5.69. The molecular formula is C22H31N5. The molecule has 0 bridgehead atoms. The normalized spacial score (nSPS) is 11.9. The van der Waals surface area contributed by atoms with Crippen LogP contribution in [-0.4, -0.2) is 22.2 Å². The van der Waals surface area contributed by atoms with Gasteiger partial charge in [-0.25, -0.2) is 4.98 Å². The third-order valence-corrected chi connectivity index (χ3v) is 4.15. The first-order chi connectivity index (χ1) is 12.9. The van der Waals surface area contributed by atoms with E-state index in [1.807, 2.05) is 37.5 Å². The molecule has 0 aliphatic carbocycles. The molecule has 0 fully saturated rings. The van der Waals surface area contributed by atoms with E-state index in [0.29, 0.717) is 11.6 Å². The zero-order valence-corrected chi connectivity index (χ0v) is 17.1. The minimum absolute atomic E-state index is 0.507. The lowest BCUT2D eigenvalue weighted by Crippen LogP contribution is -2.10. The van der Waals surface area contributed by atoms with E-state index in [-0.39, 0.29) is 0 Å². The highest BCUT2D eigenvalue weighted by Crippen LogP contribution is 2.23. The molecular weight excluding hydrogens is 334 g/mol. The molecule has 0 atom stereocenters. The number of rotatable bonds is 9. The standard InChI is InChI=1S/C22H31N5/c1-6-7-19-12-20(10-11-24-19)27-17(5)22(16(4)23)18-8-9-21(26-14-18)25-13-15(2)3/h8-12,14-15,23H,6-7,13H2,1-5H3,(H,24,27)(H,25,26)/b22-17+,23-16?. The first-order valence-corrected chi connectivity index (χ1v) is 9.59. The van der Waals surface area contributed by atoms with Gasteiger partial charge in [-0.05, 0) is 50.5 Å². The van der Waals surface area contributed by atoms with Crippen LogP contribution in [0.25, 0.3) is 5.57 Å². The average Bonchev–Trinajstić information content (AvgIpc) is 2.61. The van der Waals surface area contributed by atoms with E-state index < -0.39 is 0 Å². The van der Waals surface area contributed by atoms with Crippen molar-refractivity contribution in [2.75, 3.05) is 17.2 Å². The van der Waals surface area contributed by atoms with Crippen LogP contribution in [0.2, 0.25) is 0 Å². The number of nitrogens with zero attached hydrogens (tertiary/aromatic N) is 2. The number of pyridine rings is 2. The van der Waals surface area contributed by atoms with Crippen LogP contribution in [0.3, 0.4) is 0 Å². The molecule has 0 aliphatic rings. The lowest BCUT2D eigenvalue weighted by Gasteiger charge is -2.15. The molecule has 0 saturated carbocycles. The summed E-state index contributed by atoms with van der Waals surface area (Å²) in [6, 6.07) is 8.01. The van der Waals surface area contributed by atoms with Crippen molar-refractivity contribution in [2.24, 2.45) is 5.92 Å². The van der Waals surface area contributed by atoms with Crippen molar-refractivity contribution in [3.8, 4) is 0 Å². The molecule has 0 aliphatic heterocycles. The summed E-state index contributed by atoms with van der Waals surface area (Å²) in [5, 5.41) is 15.0. The number of anilines is 2. The Morgan fingerprint density at radius 1 is 1.15 bits per heavy atom. The molecule has 5 nitrogen and oxygen atoms in total. The van der Waals surface area contributed by atoms with Crippen molar-refractivity contribution in [2.45, 2.75) is 47.5 Å². The molecule has 0 unspecified atom stereocenters. The predicted octanol–water partition coefficient (Wildman–Crippen LogP) is 5.38. The average molecular weight is 366 g/mol. The fraction of sp³-hybridized carbons (Fsp3) is 0.409. The molecule has 0 aromatic carbocycles. The van der Waals surface area contributed by atoms with E-state index in [0.717, 1.165) is 53.4 Å². The van der Waals surface area contributed by atoms with Crippen molar-refractivity contribution in [3.63, 3.8) is 0 Å². The minimum Gasteiger partial charge on any atom is -0.370 e. The van der Waals surface area contributed by atoms with Gasteiger partial charge in [0.25, 0.3) is 0 Å². The Morgan fingerprint density at radius 2 is 1.93 bits per heavy atom. The molecule has 2 aromatic rings. The topological polar surface area (TPSA) is 73.7 Å². The molecule has 2 rings (SSSR count). The van der Waals surface area contributed by atoms with E-state index >= 15 is 0 Å². The Labute approximate surface area is 162 Å². The maximum atomic E-state index is 8.23. The zero-order chi connectivity index (χ0) is 19.8. The van der Waals surface area contributed by atoms with Gasteiger partial charge in [-0.2, -0.15) is 0 Å². The second kappa shape index (κ2) is 9.86. The molecule has 2 aromatic heterocycles. The van der Waals surface area contributed by atoms with Gasteiger partial charge in [-0.15, -0.1) is 0 Å². The van der Waals surface area contributed by atoms with E-state index in [1.54, 1.807) is 6.92 Å². The highest BCUT2D eigenvalue weighted by molar-refractivity contribution is 6.22. The van der Waals surface area contributed by atoms with Crippen LogP contribution in [0.4, 0.5) is 11.5 Å². The number of nitrogens with one attached hydrogen (secondary N) is 3. The Morgan fingerprint density at radius 3 is 2.52 bits per heavy atom. The summed E-state index contributed by atoms with van der Waals surface area (Å²) in [6.45, 7) is 11.2. The molecule has 2 heterocycles. The molecule has 0 saturated heterocycles. The van der Waals surface area contributed by atoms with Gasteiger partial charge < -0.3 is 16.0 Å². The minimum atomic E-state index is 0.507. The van der Waals surface area contributed by atoms with Crippen LogP contribution in [0.1, 0.15) is 52.3 Å². The number of hydrogen-bond donors (Lipinski definition) is 3. The van der Waals surface area contributed by atoms with E-state index in [1.165, 1.54) is 0 Å². The highest BCUT2D eigenvalue weighted by Gasteiger charge is 2.10. The largest absolute Gasteiger partial charge is 0.370 e. The molecule has 27 heavy (non-hydrogen) atoms. The number of aryl methyl sites for hydroxylation is 1. The molecule has 144 valence electrons. The van der Waals surface area contributed by atoms with E-state index in [9.17, 15) is 0 Å². The van der Waals surface area contributed by atoms with Crippen LogP contribution < -0.4 is 10.6 Å². The van der Waals surface area contributed by atoms with Crippen LogP contribution in [-0.2, 0) is 6.42 Å². The maximum absolute atomic E-state index is 8.23. The Bertz CT molecular complexity index is 791. The number of allylic oxidation sites excluding steroid dienone is 2.